The third kappa shape index (κ3) is 4.34. The first-order valence-electron chi connectivity index (χ1n) is 4.73. The summed E-state index contributed by atoms with van der Waals surface area (Å²) in [4.78, 5) is 11.7. The van der Waals surface area contributed by atoms with E-state index in [1.165, 1.54) is 0 Å². The summed E-state index contributed by atoms with van der Waals surface area (Å²) < 4.78 is 0.920. The second kappa shape index (κ2) is 6.28. The molecule has 1 aromatic rings. The van der Waals surface area contributed by atoms with E-state index in [9.17, 15) is 4.79 Å². The molecule has 0 saturated heterocycles. The SMILES string of the molecule is CC(CBr)CNC(=O)c1cccc(Br)c1. The number of hydrogen-bond donors (Lipinski definition) is 1. The fraction of sp³-hybridized carbons (Fsp3) is 0.364. The van der Waals surface area contributed by atoms with Gasteiger partial charge in [0.2, 0.25) is 0 Å². The molecule has 0 aliphatic heterocycles. The molecule has 1 aromatic carbocycles. The summed E-state index contributed by atoms with van der Waals surface area (Å²) in [6.07, 6.45) is 0. The number of amides is 1. The number of carbonyl (C=O) groups is 1. The van der Waals surface area contributed by atoms with Crippen molar-refractivity contribution in [1.29, 1.82) is 0 Å². The van der Waals surface area contributed by atoms with Crippen LogP contribution in [0.15, 0.2) is 28.7 Å². The Morgan fingerprint density at radius 2 is 2.27 bits per heavy atom. The molecule has 1 rings (SSSR count). The molecule has 0 bridgehead atoms. The van der Waals surface area contributed by atoms with Gasteiger partial charge >= 0.3 is 0 Å². The number of rotatable bonds is 4. The summed E-state index contributed by atoms with van der Waals surface area (Å²) in [7, 11) is 0. The molecule has 0 aliphatic rings. The van der Waals surface area contributed by atoms with Crippen LogP contribution in [0.1, 0.15) is 17.3 Å². The minimum atomic E-state index is -0.0240. The molecule has 1 amide bonds. The molecule has 0 spiro atoms. The fourth-order valence-corrected chi connectivity index (χ4v) is 1.68. The van der Waals surface area contributed by atoms with Crippen molar-refractivity contribution in [2.24, 2.45) is 5.92 Å². The van der Waals surface area contributed by atoms with Crippen LogP contribution in [0.2, 0.25) is 0 Å². The Bertz CT molecular complexity index is 341. The number of benzene rings is 1. The van der Waals surface area contributed by atoms with Crippen molar-refractivity contribution in [3.8, 4) is 0 Å². The van der Waals surface area contributed by atoms with Gasteiger partial charge in [0, 0.05) is 21.9 Å². The number of halogens is 2. The van der Waals surface area contributed by atoms with Gasteiger partial charge in [0.1, 0.15) is 0 Å². The van der Waals surface area contributed by atoms with E-state index in [2.05, 4.69) is 44.1 Å². The van der Waals surface area contributed by atoms with Gasteiger partial charge in [-0.25, -0.2) is 0 Å². The number of nitrogens with one attached hydrogen (secondary N) is 1. The van der Waals surface area contributed by atoms with Gasteiger partial charge < -0.3 is 5.32 Å². The van der Waals surface area contributed by atoms with Crippen molar-refractivity contribution in [3.63, 3.8) is 0 Å². The van der Waals surface area contributed by atoms with Crippen LogP contribution < -0.4 is 5.32 Å². The highest BCUT2D eigenvalue weighted by atomic mass is 79.9. The fourth-order valence-electron chi connectivity index (χ4n) is 1.05. The van der Waals surface area contributed by atoms with Crippen molar-refractivity contribution >= 4 is 37.8 Å². The molecule has 82 valence electrons. The molecular weight excluding hydrogens is 322 g/mol. The van der Waals surface area contributed by atoms with Gasteiger partial charge in [-0.15, -0.1) is 0 Å². The van der Waals surface area contributed by atoms with Gasteiger partial charge in [-0.05, 0) is 24.1 Å². The van der Waals surface area contributed by atoms with Gasteiger partial charge in [0.25, 0.3) is 5.91 Å². The first-order valence-corrected chi connectivity index (χ1v) is 6.64. The summed E-state index contributed by atoms with van der Waals surface area (Å²) in [5.41, 5.74) is 0.686. The Kier molecular flexibility index (Phi) is 5.32. The topological polar surface area (TPSA) is 29.1 Å². The quantitative estimate of drug-likeness (QED) is 0.842. The molecule has 0 aromatic heterocycles. The lowest BCUT2D eigenvalue weighted by molar-refractivity contribution is 0.0949. The molecule has 1 N–H and O–H groups in total. The maximum absolute atomic E-state index is 11.7. The van der Waals surface area contributed by atoms with E-state index in [0.717, 1.165) is 9.80 Å². The van der Waals surface area contributed by atoms with E-state index in [4.69, 9.17) is 0 Å². The van der Waals surface area contributed by atoms with Crippen molar-refractivity contribution in [2.45, 2.75) is 6.92 Å². The summed E-state index contributed by atoms with van der Waals surface area (Å²) in [5, 5.41) is 3.78. The second-order valence-corrected chi connectivity index (χ2v) is 5.04. The zero-order chi connectivity index (χ0) is 11.3. The minimum Gasteiger partial charge on any atom is -0.352 e. The van der Waals surface area contributed by atoms with Gasteiger partial charge in [-0.1, -0.05) is 44.8 Å². The normalized spacial score (nSPS) is 12.2. The van der Waals surface area contributed by atoms with E-state index in [0.29, 0.717) is 18.0 Å². The number of hydrogen-bond acceptors (Lipinski definition) is 1. The Morgan fingerprint density at radius 1 is 1.53 bits per heavy atom. The average Bonchev–Trinajstić information content (AvgIpc) is 2.25. The number of carbonyl (C=O) groups excluding carboxylic acids is 1. The first kappa shape index (κ1) is 12.7. The lowest BCUT2D eigenvalue weighted by atomic mass is 10.2. The summed E-state index contributed by atoms with van der Waals surface area (Å²) in [6.45, 7) is 2.77. The Balaban J connectivity index is 2.54. The smallest absolute Gasteiger partial charge is 0.251 e. The highest BCUT2D eigenvalue weighted by molar-refractivity contribution is 9.10. The molecule has 2 nitrogen and oxygen atoms in total. The number of alkyl halides is 1. The van der Waals surface area contributed by atoms with Crippen LogP contribution in [0.25, 0.3) is 0 Å². The standard InChI is InChI=1S/C11H13Br2NO/c1-8(6-12)7-14-11(15)9-3-2-4-10(13)5-9/h2-5,8H,6-7H2,1H3,(H,14,15). The summed E-state index contributed by atoms with van der Waals surface area (Å²) >= 11 is 6.71. The van der Waals surface area contributed by atoms with Crippen LogP contribution in [0.4, 0.5) is 0 Å². The molecule has 0 saturated carbocycles. The van der Waals surface area contributed by atoms with Crippen LogP contribution >= 0.6 is 31.9 Å². The third-order valence-electron chi connectivity index (χ3n) is 1.96. The average molecular weight is 335 g/mol. The molecule has 4 heteroatoms. The van der Waals surface area contributed by atoms with E-state index in [1.54, 1.807) is 6.07 Å². The summed E-state index contributed by atoms with van der Waals surface area (Å²) in [6, 6.07) is 7.37. The molecule has 0 aliphatic carbocycles. The third-order valence-corrected chi connectivity index (χ3v) is 3.56. The predicted octanol–water partition coefficient (Wildman–Crippen LogP) is 3.21. The zero-order valence-electron chi connectivity index (χ0n) is 8.47. The second-order valence-electron chi connectivity index (χ2n) is 3.48. The molecular formula is C11H13Br2NO. The van der Waals surface area contributed by atoms with Crippen LogP contribution in [0.3, 0.4) is 0 Å². The van der Waals surface area contributed by atoms with Gasteiger partial charge in [-0.2, -0.15) is 0 Å². The van der Waals surface area contributed by atoms with E-state index in [1.807, 2.05) is 18.2 Å². The highest BCUT2D eigenvalue weighted by Gasteiger charge is 2.06. The monoisotopic (exact) mass is 333 g/mol. The molecule has 1 atom stereocenters. The van der Waals surface area contributed by atoms with Crippen molar-refractivity contribution in [2.75, 3.05) is 11.9 Å². The Hall–Kier alpha value is -0.350. The van der Waals surface area contributed by atoms with Crippen LogP contribution in [0.5, 0.6) is 0 Å². The van der Waals surface area contributed by atoms with Gasteiger partial charge in [-0.3, -0.25) is 4.79 Å². The maximum Gasteiger partial charge on any atom is 0.251 e. The van der Waals surface area contributed by atoms with Gasteiger partial charge in [0.15, 0.2) is 0 Å². The predicted molar refractivity (Wildman–Crippen MR) is 69.4 cm³/mol. The minimum absolute atomic E-state index is 0.0240. The van der Waals surface area contributed by atoms with E-state index >= 15 is 0 Å². The molecule has 15 heavy (non-hydrogen) atoms. The largest absolute Gasteiger partial charge is 0.352 e. The molecule has 0 heterocycles. The van der Waals surface area contributed by atoms with Crippen molar-refractivity contribution in [1.82, 2.24) is 5.32 Å². The maximum atomic E-state index is 11.7. The van der Waals surface area contributed by atoms with E-state index in [-0.39, 0.29) is 5.91 Å². The first-order chi connectivity index (χ1) is 7.13. The van der Waals surface area contributed by atoms with Gasteiger partial charge in [0.05, 0.1) is 0 Å². The Labute approximate surface area is 107 Å². The molecule has 0 fully saturated rings. The lowest BCUT2D eigenvalue weighted by Gasteiger charge is -2.09. The zero-order valence-corrected chi connectivity index (χ0v) is 11.6. The lowest BCUT2D eigenvalue weighted by Crippen LogP contribution is -2.28. The van der Waals surface area contributed by atoms with Crippen LogP contribution in [0, 0.1) is 5.92 Å². The summed E-state index contributed by atoms with van der Waals surface area (Å²) in [5.74, 6) is 0.421. The van der Waals surface area contributed by atoms with Crippen molar-refractivity contribution < 1.29 is 4.79 Å². The van der Waals surface area contributed by atoms with Crippen molar-refractivity contribution in [3.05, 3.63) is 34.3 Å². The van der Waals surface area contributed by atoms with Crippen LogP contribution in [-0.2, 0) is 0 Å². The molecule has 1 unspecified atom stereocenters. The van der Waals surface area contributed by atoms with Crippen LogP contribution in [-0.4, -0.2) is 17.8 Å². The van der Waals surface area contributed by atoms with E-state index < -0.39 is 0 Å². The highest BCUT2D eigenvalue weighted by Crippen LogP contribution is 2.11. The Morgan fingerprint density at radius 3 is 2.87 bits per heavy atom. The molecule has 0 radical (unpaired) electrons.